The highest BCUT2D eigenvalue weighted by atomic mass is 19.1. The van der Waals surface area contributed by atoms with Gasteiger partial charge in [0.2, 0.25) is 0 Å². The molecule has 1 fully saturated rings. The lowest BCUT2D eigenvalue weighted by Crippen LogP contribution is -2.48. The number of carbonyl (C=O) groups is 1. The van der Waals surface area contributed by atoms with Crippen LogP contribution in [0.25, 0.3) is 0 Å². The second-order valence-electron chi connectivity index (χ2n) is 5.80. The van der Waals surface area contributed by atoms with E-state index in [1.54, 1.807) is 6.20 Å². The van der Waals surface area contributed by atoms with Crippen LogP contribution in [0.4, 0.5) is 10.2 Å². The van der Waals surface area contributed by atoms with Crippen LogP contribution in [0.3, 0.4) is 0 Å². The fourth-order valence-electron chi connectivity index (χ4n) is 2.85. The van der Waals surface area contributed by atoms with Gasteiger partial charge in [-0.05, 0) is 37.1 Å². The molecule has 1 amide bonds. The highest BCUT2D eigenvalue weighted by Crippen LogP contribution is 2.17. The maximum absolute atomic E-state index is 13.7. The second kappa shape index (κ2) is 7.35. The van der Waals surface area contributed by atoms with Crippen LogP contribution in [0.1, 0.15) is 28.8 Å². The Labute approximate surface area is 139 Å². The topological polar surface area (TPSA) is 78.4 Å². The summed E-state index contributed by atoms with van der Waals surface area (Å²) in [7, 11) is 0. The van der Waals surface area contributed by atoms with Crippen LogP contribution in [-0.2, 0) is 6.61 Å². The normalized spacial score (nSPS) is 17.6. The number of benzene rings is 1. The number of hydrogen-bond acceptors (Lipinski definition) is 5. The number of aromatic nitrogens is 2. The number of nitrogens with one attached hydrogen (secondary N) is 1. The molecule has 2 N–H and O–H groups in total. The van der Waals surface area contributed by atoms with Gasteiger partial charge in [0.15, 0.2) is 5.82 Å². The molecule has 0 bridgehead atoms. The van der Waals surface area contributed by atoms with Gasteiger partial charge in [0, 0.05) is 36.5 Å². The first-order chi connectivity index (χ1) is 11.7. The summed E-state index contributed by atoms with van der Waals surface area (Å²) in [6.45, 7) is 1.12. The molecular formula is C17H19FN4O2. The summed E-state index contributed by atoms with van der Waals surface area (Å²) in [6.07, 6.45) is 3.41. The third kappa shape index (κ3) is 3.68. The molecule has 6 nitrogen and oxygen atoms in total. The number of anilines is 1. The molecule has 1 atom stereocenters. The zero-order valence-corrected chi connectivity index (χ0v) is 13.2. The first kappa shape index (κ1) is 16.3. The van der Waals surface area contributed by atoms with Crippen molar-refractivity contribution in [3.05, 3.63) is 53.5 Å². The fourth-order valence-corrected chi connectivity index (χ4v) is 2.85. The van der Waals surface area contributed by atoms with Crippen LogP contribution < -0.4 is 10.2 Å². The van der Waals surface area contributed by atoms with E-state index < -0.39 is 5.82 Å². The van der Waals surface area contributed by atoms with Crippen molar-refractivity contribution in [3.8, 4) is 0 Å². The highest BCUT2D eigenvalue weighted by Gasteiger charge is 2.23. The third-order valence-electron chi connectivity index (χ3n) is 4.12. The van der Waals surface area contributed by atoms with Gasteiger partial charge in [-0.25, -0.2) is 4.39 Å². The maximum Gasteiger partial charge on any atom is 0.251 e. The third-order valence-corrected chi connectivity index (χ3v) is 4.12. The molecule has 0 aliphatic carbocycles. The smallest absolute Gasteiger partial charge is 0.251 e. The van der Waals surface area contributed by atoms with Gasteiger partial charge in [0.05, 0.1) is 6.61 Å². The van der Waals surface area contributed by atoms with E-state index in [-0.39, 0.29) is 29.7 Å². The van der Waals surface area contributed by atoms with Gasteiger partial charge in [0.25, 0.3) is 5.91 Å². The van der Waals surface area contributed by atoms with Gasteiger partial charge in [-0.1, -0.05) is 6.07 Å². The number of aliphatic hydroxyl groups is 1. The summed E-state index contributed by atoms with van der Waals surface area (Å²) in [5.41, 5.74) is 0.430. The molecule has 0 saturated carbocycles. The summed E-state index contributed by atoms with van der Waals surface area (Å²) in [5, 5.41) is 19.9. The molecule has 126 valence electrons. The average Bonchev–Trinajstić information content (AvgIpc) is 2.62. The minimum atomic E-state index is -0.574. The Morgan fingerprint density at radius 3 is 3.00 bits per heavy atom. The van der Waals surface area contributed by atoms with E-state index in [9.17, 15) is 9.18 Å². The van der Waals surface area contributed by atoms with E-state index in [1.165, 1.54) is 12.1 Å². The highest BCUT2D eigenvalue weighted by molar-refractivity contribution is 5.94. The van der Waals surface area contributed by atoms with Crippen molar-refractivity contribution in [2.75, 3.05) is 18.0 Å². The van der Waals surface area contributed by atoms with Crippen LogP contribution in [-0.4, -0.2) is 40.3 Å². The minimum Gasteiger partial charge on any atom is -0.392 e. The Hall–Kier alpha value is -2.54. The molecule has 3 rings (SSSR count). The maximum atomic E-state index is 13.7. The molecule has 1 saturated heterocycles. The second-order valence-corrected chi connectivity index (χ2v) is 5.80. The first-order valence-corrected chi connectivity index (χ1v) is 7.90. The van der Waals surface area contributed by atoms with Crippen molar-refractivity contribution >= 4 is 11.7 Å². The number of carbonyl (C=O) groups excluding carboxylic acids is 1. The molecule has 1 aromatic heterocycles. The van der Waals surface area contributed by atoms with Gasteiger partial charge >= 0.3 is 0 Å². The Morgan fingerprint density at radius 2 is 2.29 bits per heavy atom. The van der Waals surface area contributed by atoms with Crippen molar-refractivity contribution in [1.82, 2.24) is 15.5 Å². The number of nitrogens with zero attached hydrogens (tertiary/aromatic N) is 3. The Morgan fingerprint density at radius 1 is 1.42 bits per heavy atom. The number of hydrogen-bond donors (Lipinski definition) is 2. The lowest BCUT2D eigenvalue weighted by Gasteiger charge is -2.33. The van der Waals surface area contributed by atoms with Crippen molar-refractivity contribution in [2.24, 2.45) is 0 Å². The van der Waals surface area contributed by atoms with E-state index in [2.05, 4.69) is 20.4 Å². The molecule has 0 spiro atoms. The Bertz CT molecular complexity index is 711. The van der Waals surface area contributed by atoms with Crippen LogP contribution in [0.15, 0.2) is 36.5 Å². The molecule has 0 radical (unpaired) electrons. The van der Waals surface area contributed by atoms with E-state index in [0.29, 0.717) is 6.54 Å². The summed E-state index contributed by atoms with van der Waals surface area (Å²) in [5.74, 6) is -0.103. The van der Waals surface area contributed by atoms with E-state index in [0.717, 1.165) is 31.3 Å². The number of amides is 1. The monoisotopic (exact) mass is 330 g/mol. The zero-order chi connectivity index (χ0) is 16.9. The summed E-state index contributed by atoms with van der Waals surface area (Å²) >= 11 is 0. The molecular weight excluding hydrogens is 311 g/mol. The zero-order valence-electron chi connectivity index (χ0n) is 13.2. The first-order valence-electron chi connectivity index (χ1n) is 7.90. The Balaban J connectivity index is 1.65. The van der Waals surface area contributed by atoms with Crippen LogP contribution in [0.5, 0.6) is 0 Å². The molecule has 1 unspecified atom stereocenters. The van der Waals surface area contributed by atoms with Crippen molar-refractivity contribution < 1.29 is 14.3 Å². The van der Waals surface area contributed by atoms with Crippen molar-refractivity contribution in [2.45, 2.75) is 25.5 Å². The number of piperidine rings is 1. The van der Waals surface area contributed by atoms with Gasteiger partial charge in [-0.15, -0.1) is 5.10 Å². The minimum absolute atomic E-state index is 0.0335. The van der Waals surface area contributed by atoms with E-state index >= 15 is 0 Å². The van der Waals surface area contributed by atoms with Crippen LogP contribution >= 0.6 is 0 Å². The van der Waals surface area contributed by atoms with Gasteiger partial charge in [0.1, 0.15) is 5.82 Å². The molecule has 2 heterocycles. The number of halogens is 1. The molecule has 24 heavy (non-hydrogen) atoms. The lowest BCUT2D eigenvalue weighted by molar-refractivity contribution is 0.0932. The van der Waals surface area contributed by atoms with Crippen LogP contribution in [0, 0.1) is 5.82 Å². The standard InChI is InChI=1S/C17H19FN4O2/c18-15-9-12(5-6-13(15)11-23)17(24)20-14-3-2-8-22(10-14)16-4-1-7-19-21-16/h1,4-7,9,14,23H,2-3,8,10-11H2,(H,20,24). The Kier molecular flexibility index (Phi) is 5.00. The fraction of sp³-hybridized carbons (Fsp3) is 0.353. The van der Waals surface area contributed by atoms with Gasteiger partial charge in [-0.3, -0.25) is 4.79 Å². The number of aliphatic hydroxyl groups excluding tert-OH is 1. The van der Waals surface area contributed by atoms with Crippen molar-refractivity contribution in [1.29, 1.82) is 0 Å². The van der Waals surface area contributed by atoms with Crippen molar-refractivity contribution in [3.63, 3.8) is 0 Å². The summed E-state index contributed by atoms with van der Waals surface area (Å²) in [6, 6.07) is 7.79. The largest absolute Gasteiger partial charge is 0.392 e. The van der Waals surface area contributed by atoms with Gasteiger partial charge in [-0.2, -0.15) is 5.10 Å². The summed E-state index contributed by atoms with van der Waals surface area (Å²) < 4.78 is 13.7. The predicted molar refractivity (Wildman–Crippen MR) is 87.1 cm³/mol. The van der Waals surface area contributed by atoms with Gasteiger partial charge < -0.3 is 15.3 Å². The quantitative estimate of drug-likeness (QED) is 0.888. The number of rotatable bonds is 4. The van der Waals surface area contributed by atoms with E-state index in [1.807, 2.05) is 12.1 Å². The lowest BCUT2D eigenvalue weighted by atomic mass is 10.0. The molecule has 7 heteroatoms. The van der Waals surface area contributed by atoms with Crippen LogP contribution in [0.2, 0.25) is 0 Å². The molecule has 1 aliphatic heterocycles. The summed E-state index contributed by atoms with van der Waals surface area (Å²) in [4.78, 5) is 14.4. The van der Waals surface area contributed by atoms with E-state index in [4.69, 9.17) is 5.11 Å². The molecule has 1 aliphatic rings. The molecule has 2 aromatic rings. The average molecular weight is 330 g/mol. The predicted octanol–water partition coefficient (Wildman–Crippen LogP) is 1.51. The SMILES string of the molecule is O=C(NC1CCCN(c2cccnn2)C1)c1ccc(CO)c(F)c1. The molecule has 1 aromatic carbocycles.